The number of nitrogens with zero attached hydrogens (tertiary/aromatic N) is 1. The first-order valence-electron chi connectivity index (χ1n) is 5.22. The van der Waals surface area contributed by atoms with Crippen LogP contribution in [0.2, 0.25) is 0 Å². The van der Waals surface area contributed by atoms with Crippen LogP contribution in [0.5, 0.6) is 0 Å². The largest absolute Gasteiger partial charge is 0.384 e. The summed E-state index contributed by atoms with van der Waals surface area (Å²) in [6, 6.07) is 0.791. The van der Waals surface area contributed by atoms with E-state index in [1.807, 2.05) is 6.08 Å². The predicted octanol–water partition coefficient (Wildman–Crippen LogP) is 1.55. The van der Waals surface area contributed by atoms with Gasteiger partial charge in [0.15, 0.2) is 0 Å². The second kappa shape index (κ2) is 3.10. The molecule has 74 valence electrons. The first-order valence-corrected chi connectivity index (χ1v) is 5.22. The SMILES string of the molecule is CC(C)=CC1(O)CCN(C2CC2)C1. The average molecular weight is 181 g/mol. The van der Waals surface area contributed by atoms with Gasteiger partial charge in [-0.15, -0.1) is 0 Å². The minimum atomic E-state index is -0.526. The quantitative estimate of drug-likeness (QED) is 0.653. The fourth-order valence-corrected chi connectivity index (χ4v) is 2.25. The van der Waals surface area contributed by atoms with Gasteiger partial charge in [0.2, 0.25) is 0 Å². The molecule has 1 saturated carbocycles. The first kappa shape index (κ1) is 9.22. The zero-order valence-corrected chi connectivity index (χ0v) is 8.58. The van der Waals surface area contributed by atoms with Crippen molar-refractivity contribution in [2.24, 2.45) is 0 Å². The van der Waals surface area contributed by atoms with E-state index in [2.05, 4.69) is 18.7 Å². The van der Waals surface area contributed by atoms with E-state index in [-0.39, 0.29) is 0 Å². The molecule has 1 saturated heterocycles. The molecule has 1 atom stereocenters. The van der Waals surface area contributed by atoms with E-state index in [0.717, 1.165) is 25.6 Å². The molecule has 0 spiro atoms. The molecule has 1 N–H and O–H groups in total. The fraction of sp³-hybridized carbons (Fsp3) is 0.818. The lowest BCUT2D eigenvalue weighted by molar-refractivity contribution is 0.0964. The number of hydrogen-bond donors (Lipinski definition) is 1. The summed E-state index contributed by atoms with van der Waals surface area (Å²) < 4.78 is 0. The Labute approximate surface area is 80.2 Å². The Kier molecular flexibility index (Phi) is 2.20. The summed E-state index contributed by atoms with van der Waals surface area (Å²) in [5, 5.41) is 10.2. The highest BCUT2D eigenvalue weighted by Gasteiger charge is 2.40. The molecule has 13 heavy (non-hydrogen) atoms. The Morgan fingerprint density at radius 1 is 1.46 bits per heavy atom. The molecule has 1 aliphatic carbocycles. The van der Waals surface area contributed by atoms with Crippen molar-refractivity contribution >= 4 is 0 Å². The number of β-amino-alcohol motifs (C(OH)–C–C–N with tert-alkyl or cyclic N) is 1. The molecule has 0 radical (unpaired) electrons. The van der Waals surface area contributed by atoms with Crippen LogP contribution in [0.15, 0.2) is 11.6 Å². The van der Waals surface area contributed by atoms with E-state index in [0.29, 0.717) is 0 Å². The van der Waals surface area contributed by atoms with Crippen molar-refractivity contribution in [3.63, 3.8) is 0 Å². The lowest BCUT2D eigenvalue weighted by Gasteiger charge is -2.20. The minimum Gasteiger partial charge on any atom is -0.384 e. The molecule has 2 aliphatic rings. The third-order valence-corrected chi connectivity index (χ3v) is 2.93. The summed E-state index contributed by atoms with van der Waals surface area (Å²) in [6.45, 7) is 6.03. The molecule has 0 bridgehead atoms. The van der Waals surface area contributed by atoms with Crippen LogP contribution in [0.3, 0.4) is 0 Å². The van der Waals surface area contributed by atoms with Crippen molar-refractivity contribution in [2.45, 2.75) is 44.8 Å². The molecule has 1 heterocycles. The molecule has 2 fully saturated rings. The van der Waals surface area contributed by atoms with E-state index >= 15 is 0 Å². The third kappa shape index (κ3) is 2.12. The first-order chi connectivity index (χ1) is 6.09. The zero-order valence-electron chi connectivity index (χ0n) is 8.58. The molecule has 0 amide bonds. The molecular weight excluding hydrogens is 162 g/mol. The van der Waals surface area contributed by atoms with Crippen molar-refractivity contribution < 1.29 is 5.11 Å². The maximum absolute atomic E-state index is 10.2. The lowest BCUT2D eigenvalue weighted by atomic mass is 10.0. The van der Waals surface area contributed by atoms with E-state index in [9.17, 15) is 5.11 Å². The number of rotatable bonds is 2. The van der Waals surface area contributed by atoms with Gasteiger partial charge in [0.1, 0.15) is 0 Å². The summed E-state index contributed by atoms with van der Waals surface area (Å²) in [5.41, 5.74) is 0.696. The topological polar surface area (TPSA) is 23.5 Å². The second-order valence-electron chi connectivity index (χ2n) is 4.78. The van der Waals surface area contributed by atoms with Crippen LogP contribution in [0, 0.1) is 0 Å². The Morgan fingerprint density at radius 2 is 2.15 bits per heavy atom. The second-order valence-corrected chi connectivity index (χ2v) is 4.78. The fourth-order valence-electron chi connectivity index (χ4n) is 2.25. The smallest absolute Gasteiger partial charge is 0.0968 e. The highest BCUT2D eigenvalue weighted by Crippen LogP contribution is 2.34. The Hall–Kier alpha value is -0.340. The van der Waals surface area contributed by atoms with Crippen molar-refractivity contribution in [3.05, 3.63) is 11.6 Å². The zero-order chi connectivity index (χ0) is 9.47. The van der Waals surface area contributed by atoms with E-state index in [4.69, 9.17) is 0 Å². The summed E-state index contributed by atoms with van der Waals surface area (Å²) in [5.74, 6) is 0. The van der Waals surface area contributed by atoms with E-state index < -0.39 is 5.60 Å². The van der Waals surface area contributed by atoms with Gasteiger partial charge in [-0.25, -0.2) is 0 Å². The van der Waals surface area contributed by atoms with Gasteiger partial charge in [0.25, 0.3) is 0 Å². The van der Waals surface area contributed by atoms with Crippen molar-refractivity contribution in [2.75, 3.05) is 13.1 Å². The van der Waals surface area contributed by atoms with Gasteiger partial charge in [-0.05, 0) is 33.1 Å². The highest BCUT2D eigenvalue weighted by molar-refractivity contribution is 5.12. The predicted molar refractivity (Wildman–Crippen MR) is 53.6 cm³/mol. The molecule has 0 aromatic rings. The number of hydrogen-bond acceptors (Lipinski definition) is 2. The number of aliphatic hydroxyl groups is 1. The molecule has 1 unspecified atom stereocenters. The Morgan fingerprint density at radius 3 is 2.69 bits per heavy atom. The van der Waals surface area contributed by atoms with Gasteiger partial charge in [-0.1, -0.05) is 11.6 Å². The average Bonchev–Trinajstić information content (AvgIpc) is 2.75. The lowest BCUT2D eigenvalue weighted by Crippen LogP contribution is -2.32. The Balaban J connectivity index is 1.98. The standard InChI is InChI=1S/C11H19NO/c1-9(2)7-11(13)5-6-12(8-11)10-3-4-10/h7,10,13H,3-6,8H2,1-2H3. The molecule has 2 heteroatoms. The van der Waals surface area contributed by atoms with Gasteiger partial charge in [0.05, 0.1) is 5.60 Å². The molecule has 0 aromatic carbocycles. The Bertz CT molecular complexity index is 228. The highest BCUT2D eigenvalue weighted by atomic mass is 16.3. The number of allylic oxidation sites excluding steroid dienone is 1. The van der Waals surface area contributed by atoms with E-state index in [1.54, 1.807) is 0 Å². The summed E-state index contributed by atoms with van der Waals surface area (Å²) in [7, 11) is 0. The molecule has 2 rings (SSSR count). The number of likely N-dealkylation sites (tertiary alicyclic amines) is 1. The van der Waals surface area contributed by atoms with Crippen LogP contribution < -0.4 is 0 Å². The van der Waals surface area contributed by atoms with Gasteiger partial charge < -0.3 is 5.11 Å². The molecule has 1 aliphatic heterocycles. The van der Waals surface area contributed by atoms with Crippen LogP contribution in [0.4, 0.5) is 0 Å². The van der Waals surface area contributed by atoms with Crippen molar-refractivity contribution in [1.82, 2.24) is 4.90 Å². The molecular formula is C11H19NO. The van der Waals surface area contributed by atoms with Gasteiger partial charge >= 0.3 is 0 Å². The minimum absolute atomic E-state index is 0.526. The van der Waals surface area contributed by atoms with Crippen LogP contribution >= 0.6 is 0 Å². The van der Waals surface area contributed by atoms with Crippen LogP contribution in [-0.4, -0.2) is 34.7 Å². The van der Waals surface area contributed by atoms with Gasteiger partial charge in [0, 0.05) is 19.1 Å². The van der Waals surface area contributed by atoms with E-state index in [1.165, 1.54) is 18.4 Å². The monoisotopic (exact) mass is 181 g/mol. The summed E-state index contributed by atoms with van der Waals surface area (Å²) >= 11 is 0. The van der Waals surface area contributed by atoms with Crippen LogP contribution in [-0.2, 0) is 0 Å². The molecule has 0 aromatic heterocycles. The van der Waals surface area contributed by atoms with Crippen molar-refractivity contribution in [3.8, 4) is 0 Å². The van der Waals surface area contributed by atoms with Gasteiger partial charge in [-0.3, -0.25) is 4.90 Å². The third-order valence-electron chi connectivity index (χ3n) is 2.93. The van der Waals surface area contributed by atoms with Crippen molar-refractivity contribution in [1.29, 1.82) is 0 Å². The summed E-state index contributed by atoms with van der Waals surface area (Å²) in [4.78, 5) is 2.43. The van der Waals surface area contributed by atoms with Gasteiger partial charge in [-0.2, -0.15) is 0 Å². The normalized spacial score (nSPS) is 35.0. The maximum Gasteiger partial charge on any atom is 0.0968 e. The molecule has 2 nitrogen and oxygen atoms in total. The summed E-state index contributed by atoms with van der Waals surface area (Å²) in [6.07, 6.45) is 5.61. The maximum atomic E-state index is 10.2. The van der Waals surface area contributed by atoms with Crippen LogP contribution in [0.25, 0.3) is 0 Å². The van der Waals surface area contributed by atoms with Crippen LogP contribution in [0.1, 0.15) is 33.1 Å².